The zero-order valence-electron chi connectivity index (χ0n) is 16.3. The first kappa shape index (κ1) is 21.4. The van der Waals surface area contributed by atoms with E-state index in [0.717, 1.165) is 0 Å². The SMILES string of the molecule is COC(=O)COc1ccc([C@@H]2NC(=O)NC(C)=C2C(=O)Nc2ccccc2)cc1Br. The van der Waals surface area contributed by atoms with Gasteiger partial charge >= 0.3 is 12.0 Å². The number of carbonyl (C=O) groups excluding carboxylic acids is 3. The Balaban J connectivity index is 1.87. The van der Waals surface area contributed by atoms with Crippen molar-refractivity contribution in [2.75, 3.05) is 19.0 Å². The molecule has 156 valence electrons. The minimum atomic E-state index is -0.673. The molecule has 0 fully saturated rings. The molecule has 0 spiro atoms. The van der Waals surface area contributed by atoms with Gasteiger partial charge in [-0.2, -0.15) is 0 Å². The molecule has 3 rings (SSSR count). The monoisotopic (exact) mass is 473 g/mol. The second-order valence-electron chi connectivity index (χ2n) is 6.44. The summed E-state index contributed by atoms with van der Waals surface area (Å²) in [6.07, 6.45) is 0. The Labute approximate surface area is 181 Å². The van der Waals surface area contributed by atoms with Crippen LogP contribution in [0.25, 0.3) is 0 Å². The number of hydrogen-bond donors (Lipinski definition) is 3. The van der Waals surface area contributed by atoms with Gasteiger partial charge in [0, 0.05) is 11.4 Å². The molecule has 30 heavy (non-hydrogen) atoms. The summed E-state index contributed by atoms with van der Waals surface area (Å²) in [5.41, 5.74) is 2.15. The molecule has 0 saturated carbocycles. The average molecular weight is 474 g/mol. The average Bonchev–Trinajstić information content (AvgIpc) is 2.72. The summed E-state index contributed by atoms with van der Waals surface area (Å²) in [5.74, 6) is -0.409. The van der Waals surface area contributed by atoms with E-state index in [2.05, 4.69) is 36.6 Å². The van der Waals surface area contributed by atoms with Crippen molar-refractivity contribution in [1.29, 1.82) is 0 Å². The number of hydrogen-bond acceptors (Lipinski definition) is 5. The highest BCUT2D eigenvalue weighted by Gasteiger charge is 2.31. The van der Waals surface area contributed by atoms with Gasteiger partial charge in [-0.05, 0) is 52.7 Å². The van der Waals surface area contributed by atoms with E-state index in [4.69, 9.17) is 4.74 Å². The first-order chi connectivity index (χ1) is 14.4. The van der Waals surface area contributed by atoms with E-state index < -0.39 is 18.0 Å². The summed E-state index contributed by atoms with van der Waals surface area (Å²) in [6.45, 7) is 1.44. The zero-order chi connectivity index (χ0) is 21.7. The number of benzene rings is 2. The molecule has 1 heterocycles. The number of nitrogens with one attached hydrogen (secondary N) is 3. The molecule has 0 saturated heterocycles. The van der Waals surface area contributed by atoms with E-state index in [1.54, 1.807) is 37.3 Å². The van der Waals surface area contributed by atoms with Crippen LogP contribution in [0.2, 0.25) is 0 Å². The van der Waals surface area contributed by atoms with Crippen molar-refractivity contribution in [2.45, 2.75) is 13.0 Å². The molecule has 0 radical (unpaired) electrons. The molecular weight excluding hydrogens is 454 g/mol. The second kappa shape index (κ2) is 9.45. The smallest absolute Gasteiger partial charge is 0.343 e. The van der Waals surface area contributed by atoms with Crippen molar-refractivity contribution >= 4 is 39.5 Å². The van der Waals surface area contributed by atoms with Gasteiger partial charge in [-0.3, -0.25) is 4.79 Å². The first-order valence-electron chi connectivity index (χ1n) is 9.02. The predicted molar refractivity (Wildman–Crippen MR) is 114 cm³/mol. The van der Waals surface area contributed by atoms with Crippen LogP contribution in [0, 0.1) is 0 Å². The molecule has 1 aliphatic heterocycles. The second-order valence-corrected chi connectivity index (χ2v) is 7.30. The van der Waals surface area contributed by atoms with Gasteiger partial charge in [-0.1, -0.05) is 24.3 Å². The molecule has 3 N–H and O–H groups in total. The van der Waals surface area contributed by atoms with E-state index in [1.807, 2.05) is 18.2 Å². The third-order valence-corrected chi connectivity index (χ3v) is 5.03. The number of ether oxygens (including phenoxy) is 2. The van der Waals surface area contributed by atoms with Crippen molar-refractivity contribution < 1.29 is 23.9 Å². The molecule has 1 atom stereocenters. The number of allylic oxidation sites excluding steroid dienone is 1. The van der Waals surface area contributed by atoms with Crippen LogP contribution < -0.4 is 20.7 Å². The van der Waals surface area contributed by atoms with Crippen molar-refractivity contribution in [2.24, 2.45) is 0 Å². The predicted octanol–water partition coefficient (Wildman–Crippen LogP) is 3.27. The van der Waals surface area contributed by atoms with Gasteiger partial charge in [0.05, 0.1) is 23.2 Å². The number of halogens is 1. The van der Waals surface area contributed by atoms with Gasteiger partial charge in [0.1, 0.15) is 5.75 Å². The molecule has 8 nitrogen and oxygen atoms in total. The molecule has 0 aromatic heterocycles. The summed E-state index contributed by atoms with van der Waals surface area (Å²) in [4.78, 5) is 36.3. The molecule has 3 amide bonds. The van der Waals surface area contributed by atoms with Gasteiger partial charge in [0.25, 0.3) is 5.91 Å². The number of amides is 3. The third-order valence-electron chi connectivity index (χ3n) is 4.41. The maximum Gasteiger partial charge on any atom is 0.343 e. The van der Waals surface area contributed by atoms with E-state index in [1.165, 1.54) is 7.11 Å². The molecule has 1 aliphatic rings. The van der Waals surface area contributed by atoms with Gasteiger partial charge in [0.2, 0.25) is 0 Å². The molecule has 0 unspecified atom stereocenters. The minimum Gasteiger partial charge on any atom is -0.481 e. The molecule has 2 aromatic rings. The van der Waals surface area contributed by atoms with Crippen LogP contribution >= 0.6 is 15.9 Å². The Morgan fingerprint density at radius 1 is 1.17 bits per heavy atom. The number of carbonyl (C=O) groups is 3. The summed E-state index contributed by atoms with van der Waals surface area (Å²) in [7, 11) is 1.28. The highest BCUT2D eigenvalue weighted by Crippen LogP contribution is 2.33. The van der Waals surface area contributed by atoms with Gasteiger partial charge in [-0.25, -0.2) is 9.59 Å². The van der Waals surface area contributed by atoms with Crippen LogP contribution in [0.4, 0.5) is 10.5 Å². The Hall–Kier alpha value is -3.33. The Kier molecular flexibility index (Phi) is 6.73. The van der Waals surface area contributed by atoms with E-state index >= 15 is 0 Å². The number of urea groups is 1. The number of anilines is 1. The van der Waals surface area contributed by atoms with Crippen molar-refractivity contribution in [3.63, 3.8) is 0 Å². The highest BCUT2D eigenvalue weighted by molar-refractivity contribution is 9.10. The Morgan fingerprint density at radius 2 is 1.90 bits per heavy atom. The normalized spacial score (nSPS) is 15.7. The largest absolute Gasteiger partial charge is 0.481 e. The fourth-order valence-electron chi connectivity index (χ4n) is 2.97. The molecular formula is C21H20BrN3O5. The minimum absolute atomic E-state index is 0.234. The zero-order valence-corrected chi connectivity index (χ0v) is 17.9. The fourth-order valence-corrected chi connectivity index (χ4v) is 3.49. The quantitative estimate of drug-likeness (QED) is 0.558. The van der Waals surface area contributed by atoms with Gasteiger partial charge in [0.15, 0.2) is 6.61 Å². The summed E-state index contributed by atoms with van der Waals surface area (Å²) >= 11 is 3.40. The molecule has 9 heteroatoms. The Morgan fingerprint density at radius 3 is 2.57 bits per heavy atom. The van der Waals surface area contributed by atoms with Crippen molar-refractivity contribution in [1.82, 2.24) is 10.6 Å². The van der Waals surface area contributed by atoms with Crippen LogP contribution in [-0.4, -0.2) is 31.6 Å². The third kappa shape index (κ3) is 4.98. The molecule has 2 aromatic carbocycles. The lowest BCUT2D eigenvalue weighted by atomic mass is 9.94. The van der Waals surface area contributed by atoms with E-state index in [0.29, 0.717) is 32.7 Å². The van der Waals surface area contributed by atoms with Crippen LogP contribution in [0.1, 0.15) is 18.5 Å². The molecule has 0 aliphatic carbocycles. The van der Waals surface area contributed by atoms with Crippen LogP contribution in [-0.2, 0) is 14.3 Å². The van der Waals surface area contributed by atoms with Crippen molar-refractivity contribution in [3.05, 3.63) is 69.8 Å². The summed E-state index contributed by atoms with van der Waals surface area (Å²) in [6, 6.07) is 13.1. The first-order valence-corrected chi connectivity index (χ1v) is 9.82. The highest BCUT2D eigenvalue weighted by atomic mass is 79.9. The number of para-hydroxylation sites is 1. The van der Waals surface area contributed by atoms with Crippen LogP contribution in [0.15, 0.2) is 64.3 Å². The maximum absolute atomic E-state index is 13.0. The van der Waals surface area contributed by atoms with Gasteiger partial charge in [-0.15, -0.1) is 0 Å². The maximum atomic E-state index is 13.0. The van der Waals surface area contributed by atoms with Gasteiger partial charge < -0.3 is 25.4 Å². The van der Waals surface area contributed by atoms with Crippen molar-refractivity contribution in [3.8, 4) is 5.75 Å². The lowest BCUT2D eigenvalue weighted by Gasteiger charge is -2.29. The number of rotatable bonds is 6. The number of esters is 1. The topological polar surface area (TPSA) is 106 Å². The van der Waals surface area contributed by atoms with E-state index in [9.17, 15) is 14.4 Å². The Bertz CT molecular complexity index is 1010. The lowest BCUT2D eigenvalue weighted by molar-refractivity contribution is -0.142. The number of methoxy groups -OCH3 is 1. The lowest BCUT2D eigenvalue weighted by Crippen LogP contribution is -2.46. The fraction of sp³-hybridized carbons (Fsp3) is 0.190. The summed E-state index contributed by atoms with van der Waals surface area (Å²) < 4.78 is 10.5. The van der Waals surface area contributed by atoms with E-state index in [-0.39, 0.29) is 12.5 Å². The summed E-state index contributed by atoms with van der Waals surface area (Å²) in [5, 5.41) is 8.27. The van der Waals surface area contributed by atoms with Crippen LogP contribution in [0.3, 0.4) is 0 Å². The molecule has 0 bridgehead atoms. The van der Waals surface area contributed by atoms with Crippen LogP contribution in [0.5, 0.6) is 5.75 Å². The standard InChI is InChI=1S/C21H20BrN3O5/c1-12-18(20(27)24-14-6-4-3-5-7-14)19(25-21(28)23-12)13-8-9-16(15(22)10-13)30-11-17(26)29-2/h3-10,19H,11H2,1-2H3,(H,24,27)(H2,23,25,28)/t19-/m0/s1.